The fraction of sp³-hybridized carbons (Fsp3) is 0.167. The third-order valence-corrected chi connectivity index (χ3v) is 4.92. The van der Waals surface area contributed by atoms with Gasteiger partial charge in [-0.25, -0.2) is 12.8 Å². The van der Waals surface area contributed by atoms with E-state index < -0.39 is 15.7 Å². The van der Waals surface area contributed by atoms with Crippen LogP contribution in [0.3, 0.4) is 0 Å². The van der Waals surface area contributed by atoms with Crippen LogP contribution in [0.25, 0.3) is 0 Å². The predicted molar refractivity (Wildman–Crippen MR) is 70.9 cm³/mol. The average molecular weight is 285 g/mol. The molecule has 2 aromatic rings. The topological polar surface area (TPSA) is 60.2 Å². The molecule has 1 aromatic heterocycles. The van der Waals surface area contributed by atoms with Crippen LogP contribution in [0.5, 0.6) is 0 Å². The summed E-state index contributed by atoms with van der Waals surface area (Å²) in [6.45, 7) is 0. The van der Waals surface area contributed by atoms with Gasteiger partial charge in [0.15, 0.2) is 9.84 Å². The Balaban J connectivity index is 2.20. The SMILES string of the molecule is Nc1cc(F)cc(S(=O)(=O)CCc2ccsc2)c1. The fourth-order valence-electron chi connectivity index (χ4n) is 1.57. The first-order valence-corrected chi connectivity index (χ1v) is 7.87. The molecule has 0 spiro atoms. The standard InChI is InChI=1S/C12H12FNO2S2/c13-10-5-11(14)7-12(6-10)18(15,16)4-2-9-1-3-17-8-9/h1,3,5-8H,2,4,14H2. The number of thiophene rings is 1. The van der Waals surface area contributed by atoms with Crippen molar-refractivity contribution in [2.24, 2.45) is 0 Å². The summed E-state index contributed by atoms with van der Waals surface area (Å²) < 4.78 is 37.2. The van der Waals surface area contributed by atoms with E-state index in [-0.39, 0.29) is 16.3 Å². The van der Waals surface area contributed by atoms with Crippen molar-refractivity contribution < 1.29 is 12.8 Å². The molecule has 2 rings (SSSR count). The van der Waals surface area contributed by atoms with Crippen molar-refractivity contribution in [2.75, 3.05) is 11.5 Å². The number of hydrogen-bond donors (Lipinski definition) is 1. The van der Waals surface area contributed by atoms with E-state index in [1.807, 2.05) is 16.8 Å². The molecule has 1 aromatic carbocycles. The molecule has 0 unspecified atom stereocenters. The number of halogens is 1. The highest BCUT2D eigenvalue weighted by atomic mass is 32.2. The Morgan fingerprint density at radius 2 is 2.06 bits per heavy atom. The van der Waals surface area contributed by atoms with Crippen LogP contribution in [0.15, 0.2) is 39.9 Å². The summed E-state index contributed by atoms with van der Waals surface area (Å²) >= 11 is 1.52. The van der Waals surface area contributed by atoms with Crippen molar-refractivity contribution in [1.29, 1.82) is 0 Å². The van der Waals surface area contributed by atoms with E-state index in [0.29, 0.717) is 6.42 Å². The van der Waals surface area contributed by atoms with Gasteiger partial charge in [-0.3, -0.25) is 0 Å². The van der Waals surface area contributed by atoms with Crippen molar-refractivity contribution in [3.63, 3.8) is 0 Å². The monoisotopic (exact) mass is 285 g/mol. The van der Waals surface area contributed by atoms with E-state index in [9.17, 15) is 12.8 Å². The first-order chi connectivity index (χ1) is 8.47. The van der Waals surface area contributed by atoms with Crippen molar-refractivity contribution in [3.05, 3.63) is 46.4 Å². The van der Waals surface area contributed by atoms with Gasteiger partial charge in [0.05, 0.1) is 10.6 Å². The van der Waals surface area contributed by atoms with Crippen LogP contribution in [0.4, 0.5) is 10.1 Å². The highest BCUT2D eigenvalue weighted by Gasteiger charge is 2.16. The Hall–Kier alpha value is -1.40. The van der Waals surface area contributed by atoms with Crippen molar-refractivity contribution in [2.45, 2.75) is 11.3 Å². The highest BCUT2D eigenvalue weighted by molar-refractivity contribution is 7.91. The Morgan fingerprint density at radius 1 is 1.28 bits per heavy atom. The van der Waals surface area contributed by atoms with Crippen LogP contribution >= 0.6 is 11.3 Å². The second-order valence-electron chi connectivity index (χ2n) is 3.92. The van der Waals surface area contributed by atoms with Crippen LogP contribution in [0, 0.1) is 5.82 Å². The van der Waals surface area contributed by atoms with Gasteiger partial charge in [-0.15, -0.1) is 0 Å². The smallest absolute Gasteiger partial charge is 0.178 e. The van der Waals surface area contributed by atoms with Gasteiger partial charge in [-0.2, -0.15) is 11.3 Å². The molecule has 0 fully saturated rings. The third-order valence-electron chi connectivity index (χ3n) is 2.49. The fourth-order valence-corrected chi connectivity index (χ4v) is 3.62. The molecule has 0 bridgehead atoms. The number of anilines is 1. The maximum absolute atomic E-state index is 13.1. The summed E-state index contributed by atoms with van der Waals surface area (Å²) in [4.78, 5) is -0.0600. The Morgan fingerprint density at radius 3 is 2.67 bits per heavy atom. The number of hydrogen-bond acceptors (Lipinski definition) is 4. The molecule has 2 N–H and O–H groups in total. The van der Waals surface area contributed by atoms with Gasteiger partial charge in [0, 0.05) is 5.69 Å². The van der Waals surface area contributed by atoms with Gasteiger partial charge in [-0.1, -0.05) is 0 Å². The van der Waals surface area contributed by atoms with Crippen molar-refractivity contribution in [1.82, 2.24) is 0 Å². The largest absolute Gasteiger partial charge is 0.399 e. The lowest BCUT2D eigenvalue weighted by molar-refractivity contribution is 0.590. The quantitative estimate of drug-likeness (QED) is 0.878. The minimum absolute atomic E-state index is 0.0490. The van der Waals surface area contributed by atoms with Gasteiger partial charge in [-0.05, 0) is 47.0 Å². The van der Waals surface area contributed by atoms with Crippen molar-refractivity contribution in [3.8, 4) is 0 Å². The maximum atomic E-state index is 13.1. The molecule has 0 saturated heterocycles. The minimum Gasteiger partial charge on any atom is -0.399 e. The maximum Gasteiger partial charge on any atom is 0.178 e. The first-order valence-electron chi connectivity index (χ1n) is 5.27. The number of aryl methyl sites for hydroxylation is 1. The molecule has 0 radical (unpaired) electrons. The average Bonchev–Trinajstić information content (AvgIpc) is 2.78. The zero-order valence-corrected chi connectivity index (χ0v) is 11.1. The van der Waals surface area contributed by atoms with Gasteiger partial charge in [0.1, 0.15) is 5.82 Å². The molecule has 18 heavy (non-hydrogen) atoms. The van der Waals surface area contributed by atoms with Crippen LogP contribution in [-0.2, 0) is 16.3 Å². The molecular weight excluding hydrogens is 273 g/mol. The van der Waals surface area contributed by atoms with Crippen LogP contribution in [0.1, 0.15) is 5.56 Å². The predicted octanol–water partition coefficient (Wildman–Crippen LogP) is 2.49. The molecule has 3 nitrogen and oxygen atoms in total. The van der Waals surface area contributed by atoms with E-state index in [1.165, 1.54) is 17.4 Å². The van der Waals surface area contributed by atoms with Crippen LogP contribution in [0.2, 0.25) is 0 Å². The summed E-state index contributed by atoms with van der Waals surface area (Å²) in [5.74, 6) is -0.684. The summed E-state index contributed by atoms with van der Waals surface area (Å²) in [6, 6.07) is 5.25. The van der Waals surface area contributed by atoms with Crippen LogP contribution < -0.4 is 5.73 Å². The molecule has 96 valence electrons. The highest BCUT2D eigenvalue weighted by Crippen LogP contribution is 2.18. The zero-order valence-electron chi connectivity index (χ0n) is 9.47. The third kappa shape index (κ3) is 3.08. The molecular formula is C12H12FNO2S2. The Kier molecular flexibility index (Phi) is 3.68. The number of sulfone groups is 1. The Labute approximate surface area is 109 Å². The van der Waals surface area contributed by atoms with E-state index >= 15 is 0 Å². The molecule has 0 saturated carbocycles. The number of rotatable bonds is 4. The van der Waals surface area contributed by atoms with Crippen LogP contribution in [-0.4, -0.2) is 14.2 Å². The molecule has 0 amide bonds. The van der Waals surface area contributed by atoms with E-state index in [4.69, 9.17) is 5.73 Å². The summed E-state index contributed by atoms with van der Waals surface area (Å²) in [7, 11) is -3.50. The lowest BCUT2D eigenvalue weighted by Crippen LogP contribution is -2.09. The summed E-state index contributed by atoms with van der Waals surface area (Å²) in [6.07, 6.45) is 0.419. The lowest BCUT2D eigenvalue weighted by Gasteiger charge is -2.05. The molecule has 0 aliphatic carbocycles. The molecule has 0 atom stereocenters. The normalized spacial score (nSPS) is 11.6. The molecule has 6 heteroatoms. The van der Waals surface area contributed by atoms with Gasteiger partial charge < -0.3 is 5.73 Å². The van der Waals surface area contributed by atoms with E-state index in [2.05, 4.69) is 0 Å². The zero-order chi connectivity index (χ0) is 13.2. The number of benzene rings is 1. The summed E-state index contributed by atoms with van der Waals surface area (Å²) in [5.41, 5.74) is 6.52. The summed E-state index contributed by atoms with van der Waals surface area (Å²) in [5, 5.41) is 3.79. The first kappa shape index (κ1) is 13.0. The lowest BCUT2D eigenvalue weighted by atomic mass is 10.3. The van der Waals surface area contributed by atoms with E-state index in [1.54, 1.807) is 0 Å². The molecule has 0 aliphatic rings. The molecule has 1 heterocycles. The molecule has 0 aliphatic heterocycles. The van der Waals surface area contributed by atoms with E-state index in [0.717, 1.165) is 17.7 Å². The second-order valence-corrected chi connectivity index (χ2v) is 6.81. The number of nitrogens with two attached hydrogens (primary N) is 1. The minimum atomic E-state index is -3.50. The van der Waals surface area contributed by atoms with Gasteiger partial charge in [0.25, 0.3) is 0 Å². The van der Waals surface area contributed by atoms with Crippen molar-refractivity contribution >= 4 is 26.9 Å². The Bertz CT molecular complexity index is 616. The van der Waals surface area contributed by atoms with Gasteiger partial charge >= 0.3 is 0 Å². The second kappa shape index (κ2) is 5.07. The van der Waals surface area contributed by atoms with Gasteiger partial charge in [0.2, 0.25) is 0 Å². The number of nitrogen functional groups attached to an aromatic ring is 1.